The summed E-state index contributed by atoms with van der Waals surface area (Å²) in [5.74, 6) is 1.23. The number of nitrogens with one attached hydrogen (secondary N) is 1. The van der Waals surface area contributed by atoms with Crippen LogP contribution < -0.4 is 5.32 Å². The molecule has 1 aliphatic heterocycles. The summed E-state index contributed by atoms with van der Waals surface area (Å²) >= 11 is 0. The zero-order valence-corrected chi connectivity index (χ0v) is 11.8. The van der Waals surface area contributed by atoms with Crippen LogP contribution in [0.5, 0.6) is 0 Å². The van der Waals surface area contributed by atoms with Crippen LogP contribution in [-0.4, -0.2) is 37.0 Å². The quantitative estimate of drug-likeness (QED) is 0.799. The molecule has 0 aromatic rings. The average molecular weight is 240 g/mol. The largest absolute Gasteiger partial charge is 0.342 e. The van der Waals surface area contributed by atoms with Crippen molar-refractivity contribution in [3.05, 3.63) is 0 Å². The van der Waals surface area contributed by atoms with E-state index in [9.17, 15) is 4.79 Å². The number of piperidine rings is 1. The van der Waals surface area contributed by atoms with Crippen LogP contribution in [0.1, 0.15) is 46.5 Å². The van der Waals surface area contributed by atoms with Gasteiger partial charge in [-0.15, -0.1) is 0 Å². The Labute approximate surface area is 106 Å². The van der Waals surface area contributed by atoms with Gasteiger partial charge in [-0.3, -0.25) is 4.79 Å². The van der Waals surface area contributed by atoms with Crippen LogP contribution in [-0.2, 0) is 4.79 Å². The first-order chi connectivity index (χ1) is 8.17. The van der Waals surface area contributed by atoms with Gasteiger partial charge in [-0.25, -0.2) is 0 Å². The lowest BCUT2D eigenvalue weighted by atomic mass is 9.89. The molecule has 1 amide bonds. The van der Waals surface area contributed by atoms with Crippen molar-refractivity contribution < 1.29 is 4.79 Å². The fraction of sp³-hybridized carbons (Fsp3) is 0.929. The predicted octanol–water partition coefficient (Wildman–Crippen LogP) is 2.27. The van der Waals surface area contributed by atoms with Crippen molar-refractivity contribution in [2.75, 3.05) is 20.1 Å². The third kappa shape index (κ3) is 3.44. The molecule has 0 saturated carbocycles. The van der Waals surface area contributed by atoms with E-state index in [0.717, 1.165) is 38.8 Å². The highest BCUT2D eigenvalue weighted by molar-refractivity contribution is 5.78. The molecular weight excluding hydrogens is 212 g/mol. The molecule has 0 bridgehead atoms. The molecule has 1 saturated heterocycles. The third-order valence-electron chi connectivity index (χ3n) is 4.28. The van der Waals surface area contributed by atoms with Crippen molar-refractivity contribution in [3.63, 3.8) is 0 Å². The Balaban J connectivity index is 2.59. The van der Waals surface area contributed by atoms with Gasteiger partial charge >= 0.3 is 0 Å². The van der Waals surface area contributed by atoms with Gasteiger partial charge in [-0.05, 0) is 32.2 Å². The maximum Gasteiger partial charge on any atom is 0.225 e. The summed E-state index contributed by atoms with van der Waals surface area (Å²) in [5.41, 5.74) is 0. The lowest BCUT2D eigenvalue weighted by Gasteiger charge is -2.39. The van der Waals surface area contributed by atoms with E-state index in [-0.39, 0.29) is 5.92 Å². The number of carbonyl (C=O) groups excluding carboxylic acids is 1. The minimum atomic E-state index is 0.235. The molecule has 1 N–H and O–H groups in total. The van der Waals surface area contributed by atoms with Crippen LogP contribution in [0.3, 0.4) is 0 Å². The minimum absolute atomic E-state index is 0.235. The first-order valence-electron chi connectivity index (χ1n) is 7.13. The van der Waals surface area contributed by atoms with Crippen molar-refractivity contribution in [1.29, 1.82) is 0 Å². The third-order valence-corrected chi connectivity index (χ3v) is 4.28. The van der Waals surface area contributed by atoms with Gasteiger partial charge in [0.15, 0.2) is 0 Å². The van der Waals surface area contributed by atoms with Crippen molar-refractivity contribution in [2.24, 2.45) is 11.8 Å². The predicted molar refractivity (Wildman–Crippen MR) is 71.9 cm³/mol. The monoisotopic (exact) mass is 240 g/mol. The average Bonchev–Trinajstić information content (AvgIpc) is 2.39. The molecule has 17 heavy (non-hydrogen) atoms. The molecule has 1 aliphatic rings. The fourth-order valence-corrected chi connectivity index (χ4v) is 2.92. The van der Waals surface area contributed by atoms with E-state index < -0.39 is 0 Å². The molecule has 1 rings (SSSR count). The molecule has 0 radical (unpaired) electrons. The number of carbonyl (C=O) groups is 1. The molecule has 0 aliphatic carbocycles. The minimum Gasteiger partial charge on any atom is -0.342 e. The topological polar surface area (TPSA) is 32.3 Å². The molecular formula is C14H28N2O. The van der Waals surface area contributed by atoms with Crippen LogP contribution in [0.4, 0.5) is 0 Å². The highest BCUT2D eigenvalue weighted by atomic mass is 16.2. The maximum atomic E-state index is 12.3. The van der Waals surface area contributed by atoms with Gasteiger partial charge in [0.05, 0.1) is 0 Å². The summed E-state index contributed by atoms with van der Waals surface area (Å²) in [6.45, 7) is 8.32. The van der Waals surface area contributed by atoms with Gasteiger partial charge in [-0.1, -0.05) is 27.2 Å². The van der Waals surface area contributed by atoms with Gasteiger partial charge in [0, 0.05) is 25.0 Å². The van der Waals surface area contributed by atoms with Crippen molar-refractivity contribution in [1.82, 2.24) is 10.2 Å². The molecule has 0 spiro atoms. The second-order valence-electron chi connectivity index (χ2n) is 5.15. The van der Waals surface area contributed by atoms with E-state index in [1.165, 1.54) is 0 Å². The lowest BCUT2D eigenvalue weighted by molar-refractivity contribution is -0.138. The van der Waals surface area contributed by atoms with Crippen LogP contribution in [0.15, 0.2) is 0 Å². The number of hydrogen-bond donors (Lipinski definition) is 1. The number of amides is 1. The van der Waals surface area contributed by atoms with Crippen LogP contribution in [0.2, 0.25) is 0 Å². The molecule has 1 fully saturated rings. The Kier molecular flexibility index (Phi) is 5.96. The first kappa shape index (κ1) is 14.5. The summed E-state index contributed by atoms with van der Waals surface area (Å²) in [5, 5.41) is 3.38. The normalized spacial score (nSPS) is 25.4. The zero-order valence-electron chi connectivity index (χ0n) is 11.8. The standard InChI is InChI=1S/C14H28N2O/c1-5-11(6-2)14(17)16-9-8-13(15-4)12(7-3)10-16/h11-13,15H,5-10H2,1-4H3. The van der Waals surface area contributed by atoms with Crippen LogP contribution in [0, 0.1) is 11.8 Å². The van der Waals surface area contributed by atoms with Crippen LogP contribution in [0.25, 0.3) is 0 Å². The molecule has 0 aromatic heterocycles. The van der Waals surface area contributed by atoms with E-state index in [1.807, 2.05) is 7.05 Å². The maximum absolute atomic E-state index is 12.3. The van der Waals surface area contributed by atoms with Crippen molar-refractivity contribution in [3.8, 4) is 0 Å². The summed E-state index contributed by atoms with van der Waals surface area (Å²) in [6, 6.07) is 0.589. The van der Waals surface area contributed by atoms with E-state index >= 15 is 0 Å². The summed E-state index contributed by atoms with van der Waals surface area (Å²) < 4.78 is 0. The Morgan fingerprint density at radius 3 is 2.47 bits per heavy atom. The molecule has 3 nitrogen and oxygen atoms in total. The zero-order chi connectivity index (χ0) is 12.8. The molecule has 0 aromatic carbocycles. The van der Waals surface area contributed by atoms with Gasteiger partial charge in [-0.2, -0.15) is 0 Å². The SMILES string of the molecule is CCC(CC)C(=O)N1CCC(NC)C(CC)C1. The number of nitrogens with zero attached hydrogens (tertiary/aromatic N) is 1. The Hall–Kier alpha value is -0.570. The second kappa shape index (κ2) is 7.00. The lowest BCUT2D eigenvalue weighted by Crippen LogP contribution is -2.51. The summed E-state index contributed by atoms with van der Waals surface area (Å²) in [7, 11) is 2.03. The Morgan fingerprint density at radius 2 is 2.00 bits per heavy atom. The van der Waals surface area contributed by atoms with Gasteiger partial charge in [0.25, 0.3) is 0 Å². The molecule has 2 unspecified atom stereocenters. The Morgan fingerprint density at radius 1 is 1.35 bits per heavy atom. The van der Waals surface area contributed by atoms with Gasteiger partial charge in [0.1, 0.15) is 0 Å². The van der Waals surface area contributed by atoms with E-state index in [2.05, 4.69) is 31.0 Å². The number of likely N-dealkylation sites (tertiary alicyclic amines) is 1. The van der Waals surface area contributed by atoms with Crippen molar-refractivity contribution in [2.45, 2.75) is 52.5 Å². The first-order valence-corrected chi connectivity index (χ1v) is 7.13. The Bertz CT molecular complexity index is 238. The van der Waals surface area contributed by atoms with E-state index in [4.69, 9.17) is 0 Å². The second-order valence-corrected chi connectivity index (χ2v) is 5.15. The molecule has 3 heteroatoms. The number of rotatable bonds is 5. The molecule has 100 valence electrons. The van der Waals surface area contributed by atoms with Crippen molar-refractivity contribution >= 4 is 5.91 Å². The van der Waals surface area contributed by atoms with E-state index in [0.29, 0.717) is 17.9 Å². The fourth-order valence-electron chi connectivity index (χ4n) is 2.92. The van der Waals surface area contributed by atoms with Gasteiger partial charge < -0.3 is 10.2 Å². The number of hydrogen-bond acceptors (Lipinski definition) is 2. The molecule has 2 atom stereocenters. The van der Waals surface area contributed by atoms with Gasteiger partial charge in [0.2, 0.25) is 5.91 Å². The van der Waals surface area contributed by atoms with E-state index in [1.54, 1.807) is 0 Å². The smallest absolute Gasteiger partial charge is 0.225 e. The molecule has 1 heterocycles. The highest BCUT2D eigenvalue weighted by Gasteiger charge is 2.31. The summed E-state index contributed by atoms with van der Waals surface area (Å²) in [4.78, 5) is 14.4. The van der Waals surface area contributed by atoms with Crippen LogP contribution >= 0.6 is 0 Å². The highest BCUT2D eigenvalue weighted by Crippen LogP contribution is 2.22. The summed E-state index contributed by atoms with van der Waals surface area (Å²) in [6.07, 6.45) is 4.19.